The number of aryl methyl sites for hydroxylation is 1. The Morgan fingerprint density at radius 3 is 2.80 bits per heavy atom. The summed E-state index contributed by atoms with van der Waals surface area (Å²) in [7, 11) is 1.75. The highest BCUT2D eigenvalue weighted by Gasteiger charge is 2.54. The van der Waals surface area contributed by atoms with E-state index >= 15 is 0 Å². The van der Waals surface area contributed by atoms with Crippen LogP contribution in [-0.4, -0.2) is 70.7 Å². The number of hydrogen-bond acceptors (Lipinski definition) is 5. The second-order valence-electron chi connectivity index (χ2n) is 12.0. The fraction of sp³-hybridized carbons (Fsp3) is 0.406. The van der Waals surface area contributed by atoms with Crippen LogP contribution in [0.4, 0.5) is 5.69 Å². The second-order valence-corrected chi connectivity index (χ2v) is 12.4. The minimum absolute atomic E-state index is 0.0227. The van der Waals surface area contributed by atoms with E-state index in [1.165, 1.54) is 17.3 Å². The zero-order valence-electron chi connectivity index (χ0n) is 23.8. The van der Waals surface area contributed by atoms with Gasteiger partial charge in [0.2, 0.25) is 5.91 Å². The van der Waals surface area contributed by atoms with E-state index in [1.54, 1.807) is 7.11 Å². The summed E-state index contributed by atoms with van der Waals surface area (Å²) in [6, 6.07) is 9.07. The number of aromatic amines is 1. The molecular formula is C32H35ClN6O2. The fourth-order valence-corrected chi connectivity index (χ4v) is 7.54. The van der Waals surface area contributed by atoms with Crippen LogP contribution in [0.15, 0.2) is 43.1 Å². The van der Waals surface area contributed by atoms with Crippen molar-refractivity contribution < 1.29 is 9.53 Å². The Hall–Kier alpha value is -3.62. The molecule has 2 fully saturated rings. The number of ether oxygens (including phenoxy) is 1. The predicted octanol–water partition coefficient (Wildman–Crippen LogP) is 5.72. The summed E-state index contributed by atoms with van der Waals surface area (Å²) in [5.41, 5.74) is 9.99. The molecular weight excluding hydrogens is 536 g/mol. The molecule has 2 aliphatic heterocycles. The normalized spacial score (nSPS) is 17.7. The number of anilines is 1. The average molecular weight is 571 g/mol. The Kier molecular flexibility index (Phi) is 6.24. The Bertz CT molecular complexity index is 1690. The van der Waals surface area contributed by atoms with Crippen molar-refractivity contribution in [3.8, 4) is 22.4 Å². The van der Waals surface area contributed by atoms with Crippen LogP contribution in [0.5, 0.6) is 0 Å². The molecule has 0 atom stereocenters. The molecule has 7 rings (SSSR count). The monoisotopic (exact) mass is 570 g/mol. The van der Waals surface area contributed by atoms with E-state index in [9.17, 15) is 4.79 Å². The molecule has 1 amide bonds. The lowest BCUT2D eigenvalue weighted by atomic mass is 9.60. The summed E-state index contributed by atoms with van der Waals surface area (Å²) < 4.78 is 7.55. The zero-order valence-corrected chi connectivity index (χ0v) is 24.6. The number of benzene rings is 2. The standard InChI is InChI=1S/C32H35ClN6O2/c1-5-27(40)38-17-32(18-38)14-23(15-32)39-20(3)28(29-24-16-34-35-25(24)12-19(2)30(29)33)31(36-39)22-6-7-26-21(13-22)8-9-37(26)10-11-41-4/h5-7,12-13,16,23H,1,8-11,14-15,17-18H2,2-4H3,(H,34,35). The van der Waals surface area contributed by atoms with Gasteiger partial charge in [0.15, 0.2) is 0 Å². The van der Waals surface area contributed by atoms with Crippen molar-refractivity contribution in [1.82, 2.24) is 24.9 Å². The first-order chi connectivity index (χ1) is 19.8. The SMILES string of the molecule is C=CC(=O)N1CC2(CC(n3nc(-c4ccc5c(c4)CCN5CCOC)c(-c4c(Cl)c(C)cc5[nH]ncc45)c3C)C2)C1. The number of fused-ring (bicyclic) bond motifs is 2. The molecule has 0 unspecified atom stereocenters. The van der Waals surface area contributed by atoms with Crippen LogP contribution >= 0.6 is 11.6 Å². The van der Waals surface area contributed by atoms with Gasteiger partial charge in [0.25, 0.3) is 0 Å². The van der Waals surface area contributed by atoms with Gasteiger partial charge in [0.1, 0.15) is 5.69 Å². The molecule has 0 radical (unpaired) electrons. The second kappa shape index (κ2) is 9.74. The number of likely N-dealkylation sites (tertiary alicyclic amines) is 1. The lowest BCUT2D eigenvalue weighted by Crippen LogP contribution is -2.63. The molecule has 2 aromatic heterocycles. The van der Waals surface area contributed by atoms with E-state index in [0.717, 1.165) is 95.0 Å². The van der Waals surface area contributed by atoms with Gasteiger partial charge in [-0.3, -0.25) is 14.6 Å². The molecule has 3 aliphatic rings. The number of aromatic nitrogens is 4. The summed E-state index contributed by atoms with van der Waals surface area (Å²) in [5.74, 6) is 0.0227. The molecule has 1 aliphatic carbocycles. The summed E-state index contributed by atoms with van der Waals surface area (Å²) in [6.45, 7) is 12.0. The Balaban J connectivity index is 1.31. The number of hydrogen-bond donors (Lipinski definition) is 1. The third kappa shape index (κ3) is 4.10. The predicted molar refractivity (Wildman–Crippen MR) is 163 cm³/mol. The summed E-state index contributed by atoms with van der Waals surface area (Å²) >= 11 is 7.09. The first-order valence-electron chi connectivity index (χ1n) is 14.3. The Morgan fingerprint density at radius 1 is 1.24 bits per heavy atom. The van der Waals surface area contributed by atoms with Crippen molar-refractivity contribution in [2.75, 3.05) is 44.8 Å². The number of carbonyl (C=O) groups excluding carboxylic acids is 1. The average Bonchev–Trinajstić information content (AvgIpc) is 3.64. The largest absolute Gasteiger partial charge is 0.383 e. The molecule has 4 heterocycles. The fourth-order valence-electron chi connectivity index (χ4n) is 7.29. The molecule has 4 aromatic rings. The van der Waals surface area contributed by atoms with Gasteiger partial charge in [-0.25, -0.2) is 0 Å². The summed E-state index contributed by atoms with van der Waals surface area (Å²) in [6.07, 6.45) is 6.30. The smallest absolute Gasteiger partial charge is 0.245 e. The van der Waals surface area contributed by atoms with E-state index < -0.39 is 0 Å². The Morgan fingerprint density at radius 2 is 2.05 bits per heavy atom. The van der Waals surface area contributed by atoms with Crippen LogP contribution in [0, 0.1) is 19.3 Å². The van der Waals surface area contributed by atoms with E-state index in [0.29, 0.717) is 6.61 Å². The van der Waals surface area contributed by atoms with Crippen molar-refractivity contribution in [2.24, 2.45) is 5.41 Å². The lowest BCUT2D eigenvalue weighted by molar-refractivity contribution is -0.149. The van der Waals surface area contributed by atoms with E-state index in [2.05, 4.69) is 57.5 Å². The van der Waals surface area contributed by atoms with Crippen LogP contribution in [-0.2, 0) is 16.0 Å². The van der Waals surface area contributed by atoms with Crippen LogP contribution < -0.4 is 4.90 Å². The van der Waals surface area contributed by atoms with Gasteiger partial charge in [-0.1, -0.05) is 24.2 Å². The van der Waals surface area contributed by atoms with E-state index in [1.807, 2.05) is 18.0 Å². The van der Waals surface area contributed by atoms with E-state index in [4.69, 9.17) is 21.4 Å². The first kappa shape index (κ1) is 26.3. The van der Waals surface area contributed by atoms with Gasteiger partial charge < -0.3 is 14.5 Å². The molecule has 9 heteroatoms. The summed E-state index contributed by atoms with van der Waals surface area (Å²) in [5, 5.41) is 14.5. The lowest BCUT2D eigenvalue weighted by Gasteiger charge is -2.58. The number of halogens is 1. The van der Waals surface area contributed by atoms with Gasteiger partial charge in [-0.15, -0.1) is 0 Å². The zero-order chi connectivity index (χ0) is 28.5. The number of rotatable bonds is 7. The number of amides is 1. The topological polar surface area (TPSA) is 79.3 Å². The van der Waals surface area contributed by atoms with Gasteiger partial charge in [-0.05, 0) is 68.5 Å². The van der Waals surface area contributed by atoms with Gasteiger partial charge >= 0.3 is 0 Å². The molecule has 8 nitrogen and oxygen atoms in total. The highest BCUT2D eigenvalue weighted by atomic mass is 35.5. The number of H-pyrrole nitrogens is 1. The molecule has 212 valence electrons. The maximum Gasteiger partial charge on any atom is 0.245 e. The van der Waals surface area contributed by atoms with Crippen LogP contribution in [0.3, 0.4) is 0 Å². The molecule has 2 aromatic carbocycles. The van der Waals surface area contributed by atoms with Crippen molar-refractivity contribution >= 4 is 34.1 Å². The van der Waals surface area contributed by atoms with Crippen molar-refractivity contribution in [2.45, 2.75) is 39.2 Å². The van der Waals surface area contributed by atoms with Gasteiger partial charge in [0.05, 0.1) is 29.4 Å². The molecule has 41 heavy (non-hydrogen) atoms. The first-order valence-corrected chi connectivity index (χ1v) is 14.7. The van der Waals surface area contributed by atoms with Crippen LogP contribution in [0.1, 0.15) is 35.7 Å². The number of methoxy groups -OCH3 is 1. The molecule has 1 saturated carbocycles. The number of carbonyl (C=O) groups is 1. The highest BCUT2D eigenvalue weighted by molar-refractivity contribution is 6.36. The Labute approximate surface area is 244 Å². The van der Waals surface area contributed by atoms with E-state index in [-0.39, 0.29) is 17.4 Å². The van der Waals surface area contributed by atoms with Crippen molar-refractivity contribution in [1.29, 1.82) is 0 Å². The minimum Gasteiger partial charge on any atom is -0.383 e. The third-order valence-corrected chi connectivity index (χ3v) is 9.88. The number of nitrogens with one attached hydrogen (secondary N) is 1. The summed E-state index contributed by atoms with van der Waals surface area (Å²) in [4.78, 5) is 16.3. The highest BCUT2D eigenvalue weighted by Crippen LogP contribution is 2.55. The number of nitrogens with zero attached hydrogens (tertiary/aromatic N) is 5. The quantitative estimate of drug-likeness (QED) is 0.287. The maximum absolute atomic E-state index is 12.0. The maximum atomic E-state index is 12.0. The van der Waals surface area contributed by atoms with Crippen LogP contribution in [0.25, 0.3) is 33.3 Å². The minimum atomic E-state index is 0.0227. The molecule has 1 spiro atoms. The van der Waals surface area contributed by atoms with Gasteiger partial charge in [-0.2, -0.15) is 10.2 Å². The van der Waals surface area contributed by atoms with Crippen molar-refractivity contribution in [3.63, 3.8) is 0 Å². The van der Waals surface area contributed by atoms with Crippen LogP contribution in [0.2, 0.25) is 5.02 Å². The van der Waals surface area contributed by atoms with Gasteiger partial charge in [0, 0.05) is 72.2 Å². The third-order valence-electron chi connectivity index (χ3n) is 9.40. The molecule has 1 saturated heterocycles. The molecule has 1 N–H and O–H groups in total. The molecule has 0 bridgehead atoms. The van der Waals surface area contributed by atoms with Crippen molar-refractivity contribution in [3.05, 3.63) is 65.0 Å².